The van der Waals surface area contributed by atoms with Crippen molar-refractivity contribution in [1.82, 2.24) is 9.62 Å². The monoisotopic (exact) mass is 420 g/mol. The predicted molar refractivity (Wildman–Crippen MR) is 113 cm³/mol. The molecule has 8 heteroatoms. The molecule has 7 nitrogen and oxygen atoms in total. The Labute approximate surface area is 172 Å². The summed E-state index contributed by atoms with van der Waals surface area (Å²) in [5.74, 6) is 1.20. The van der Waals surface area contributed by atoms with E-state index in [-0.39, 0.29) is 19.1 Å². The summed E-state index contributed by atoms with van der Waals surface area (Å²) in [6, 6.07) is 14.9. The van der Waals surface area contributed by atoms with E-state index in [2.05, 4.69) is 5.32 Å². The van der Waals surface area contributed by atoms with Gasteiger partial charge in [-0.05, 0) is 48.2 Å². The van der Waals surface area contributed by atoms with Gasteiger partial charge in [-0.1, -0.05) is 24.3 Å². The summed E-state index contributed by atoms with van der Waals surface area (Å²) in [7, 11) is -0.0563. The van der Waals surface area contributed by atoms with Crippen LogP contribution in [0.1, 0.15) is 17.5 Å². The fourth-order valence-electron chi connectivity index (χ4n) is 2.61. The van der Waals surface area contributed by atoms with Gasteiger partial charge in [0.25, 0.3) is 5.91 Å². The SMILES string of the molecule is COc1cccc(CCCNC(=O)COc2ccc(CN(C)S(C)(=O)=O)cc2)c1. The zero-order valence-corrected chi connectivity index (χ0v) is 17.9. The van der Waals surface area contributed by atoms with Crippen molar-refractivity contribution in [2.75, 3.05) is 33.6 Å². The molecule has 0 unspecified atom stereocenters. The number of ether oxygens (including phenoxy) is 2. The van der Waals surface area contributed by atoms with E-state index < -0.39 is 10.0 Å². The van der Waals surface area contributed by atoms with Crippen LogP contribution in [0.15, 0.2) is 48.5 Å². The predicted octanol–water partition coefficient (Wildman–Crippen LogP) is 2.21. The Hall–Kier alpha value is -2.58. The highest BCUT2D eigenvalue weighted by Gasteiger charge is 2.11. The van der Waals surface area contributed by atoms with E-state index in [1.165, 1.54) is 17.6 Å². The minimum absolute atomic E-state index is 0.0677. The molecule has 0 aliphatic heterocycles. The van der Waals surface area contributed by atoms with Crippen LogP contribution in [0.2, 0.25) is 0 Å². The molecule has 0 atom stereocenters. The zero-order chi connectivity index (χ0) is 21.3. The van der Waals surface area contributed by atoms with Crippen molar-refractivity contribution in [3.8, 4) is 11.5 Å². The molecule has 0 radical (unpaired) electrons. The molecule has 0 aromatic heterocycles. The van der Waals surface area contributed by atoms with Crippen molar-refractivity contribution in [3.63, 3.8) is 0 Å². The molecule has 0 aliphatic rings. The van der Waals surface area contributed by atoms with Gasteiger partial charge in [-0.2, -0.15) is 0 Å². The van der Waals surface area contributed by atoms with Crippen molar-refractivity contribution in [2.24, 2.45) is 0 Å². The average Bonchev–Trinajstić information content (AvgIpc) is 2.70. The molecule has 0 fully saturated rings. The third-order valence-electron chi connectivity index (χ3n) is 4.36. The van der Waals surface area contributed by atoms with Crippen LogP contribution in [0.4, 0.5) is 0 Å². The lowest BCUT2D eigenvalue weighted by Gasteiger charge is -2.14. The van der Waals surface area contributed by atoms with Crippen LogP contribution >= 0.6 is 0 Å². The number of benzene rings is 2. The maximum Gasteiger partial charge on any atom is 0.257 e. The Morgan fingerprint density at radius 3 is 2.45 bits per heavy atom. The van der Waals surface area contributed by atoms with Gasteiger partial charge >= 0.3 is 0 Å². The number of nitrogens with one attached hydrogen (secondary N) is 1. The summed E-state index contributed by atoms with van der Waals surface area (Å²) < 4.78 is 34.8. The molecule has 0 saturated heterocycles. The van der Waals surface area contributed by atoms with Crippen LogP contribution in [0.3, 0.4) is 0 Å². The highest BCUT2D eigenvalue weighted by Crippen LogP contribution is 2.15. The van der Waals surface area contributed by atoms with E-state index in [4.69, 9.17) is 9.47 Å². The van der Waals surface area contributed by atoms with Crippen LogP contribution in [0.5, 0.6) is 11.5 Å². The summed E-state index contributed by atoms with van der Waals surface area (Å²) in [5.41, 5.74) is 2.00. The number of rotatable bonds is 11. The van der Waals surface area contributed by atoms with Gasteiger partial charge < -0.3 is 14.8 Å². The second kappa shape index (κ2) is 10.8. The minimum Gasteiger partial charge on any atom is -0.497 e. The first kappa shape index (κ1) is 22.7. The van der Waals surface area contributed by atoms with E-state index in [0.717, 1.165) is 29.7 Å². The van der Waals surface area contributed by atoms with Gasteiger partial charge in [0.1, 0.15) is 11.5 Å². The van der Waals surface area contributed by atoms with E-state index in [9.17, 15) is 13.2 Å². The third-order valence-corrected chi connectivity index (χ3v) is 5.62. The Bertz CT molecular complexity index is 898. The Morgan fingerprint density at radius 2 is 1.79 bits per heavy atom. The largest absolute Gasteiger partial charge is 0.497 e. The first-order chi connectivity index (χ1) is 13.8. The van der Waals surface area contributed by atoms with E-state index in [0.29, 0.717) is 12.3 Å². The minimum atomic E-state index is -3.22. The highest BCUT2D eigenvalue weighted by molar-refractivity contribution is 7.88. The summed E-state index contributed by atoms with van der Waals surface area (Å²) >= 11 is 0. The first-order valence-electron chi connectivity index (χ1n) is 9.30. The quantitative estimate of drug-likeness (QED) is 0.564. The number of amides is 1. The summed E-state index contributed by atoms with van der Waals surface area (Å²) in [6.45, 7) is 0.783. The van der Waals surface area contributed by atoms with Crippen molar-refractivity contribution >= 4 is 15.9 Å². The Morgan fingerprint density at radius 1 is 1.07 bits per heavy atom. The van der Waals surface area contributed by atoms with Crippen LogP contribution in [0, 0.1) is 0 Å². The molecule has 2 rings (SSSR count). The maximum atomic E-state index is 11.9. The molecule has 0 saturated carbocycles. The number of carbonyl (C=O) groups is 1. The van der Waals surface area contributed by atoms with Gasteiger partial charge in [0.2, 0.25) is 10.0 Å². The molecule has 2 aromatic rings. The number of methoxy groups -OCH3 is 1. The van der Waals surface area contributed by atoms with Crippen molar-refractivity contribution in [3.05, 3.63) is 59.7 Å². The standard InChI is InChI=1S/C21H28N2O5S/c1-23(29(3,25)26)15-18-9-11-19(12-10-18)28-16-21(24)22-13-5-7-17-6-4-8-20(14-17)27-2/h4,6,8-12,14H,5,7,13,15-16H2,1-3H3,(H,22,24). The maximum absolute atomic E-state index is 11.9. The third kappa shape index (κ3) is 8.13. The average molecular weight is 421 g/mol. The normalized spacial score (nSPS) is 11.3. The number of hydrogen-bond acceptors (Lipinski definition) is 5. The molecule has 0 spiro atoms. The fourth-order valence-corrected chi connectivity index (χ4v) is 3.00. The van der Waals surface area contributed by atoms with Gasteiger partial charge in [-0.15, -0.1) is 0 Å². The lowest BCUT2D eigenvalue weighted by Crippen LogP contribution is -2.29. The number of hydrogen-bond donors (Lipinski definition) is 1. The number of sulfonamides is 1. The van der Waals surface area contributed by atoms with Crippen LogP contribution in [-0.2, 0) is 27.8 Å². The molecule has 0 heterocycles. The molecule has 29 heavy (non-hydrogen) atoms. The van der Waals surface area contributed by atoms with Gasteiger partial charge in [0.15, 0.2) is 6.61 Å². The van der Waals surface area contributed by atoms with E-state index in [1.807, 2.05) is 24.3 Å². The Balaban J connectivity index is 1.68. The summed E-state index contributed by atoms with van der Waals surface area (Å²) in [5, 5.41) is 2.84. The number of aryl methyl sites for hydroxylation is 1. The molecule has 0 bridgehead atoms. The second-order valence-electron chi connectivity index (χ2n) is 6.76. The number of carbonyl (C=O) groups excluding carboxylic acids is 1. The van der Waals surface area contributed by atoms with Gasteiger partial charge in [-0.25, -0.2) is 12.7 Å². The topological polar surface area (TPSA) is 84.9 Å². The van der Waals surface area contributed by atoms with E-state index in [1.54, 1.807) is 31.4 Å². The molecule has 158 valence electrons. The van der Waals surface area contributed by atoms with E-state index >= 15 is 0 Å². The van der Waals surface area contributed by atoms with Crippen LogP contribution in [-0.4, -0.2) is 52.2 Å². The van der Waals surface area contributed by atoms with Gasteiger partial charge in [0, 0.05) is 20.1 Å². The van der Waals surface area contributed by atoms with Gasteiger partial charge in [-0.3, -0.25) is 4.79 Å². The summed E-state index contributed by atoms with van der Waals surface area (Å²) in [4.78, 5) is 11.9. The van der Waals surface area contributed by atoms with Gasteiger partial charge in [0.05, 0.1) is 13.4 Å². The van der Waals surface area contributed by atoms with Crippen molar-refractivity contribution in [2.45, 2.75) is 19.4 Å². The van der Waals surface area contributed by atoms with Crippen molar-refractivity contribution < 1.29 is 22.7 Å². The lowest BCUT2D eigenvalue weighted by molar-refractivity contribution is -0.123. The first-order valence-corrected chi connectivity index (χ1v) is 11.2. The smallest absolute Gasteiger partial charge is 0.257 e. The van der Waals surface area contributed by atoms with Crippen LogP contribution in [0.25, 0.3) is 0 Å². The zero-order valence-electron chi connectivity index (χ0n) is 17.1. The molecular weight excluding hydrogens is 392 g/mol. The second-order valence-corrected chi connectivity index (χ2v) is 8.85. The highest BCUT2D eigenvalue weighted by atomic mass is 32.2. The summed E-state index contributed by atoms with van der Waals surface area (Å²) in [6.07, 6.45) is 2.84. The molecule has 2 aromatic carbocycles. The molecular formula is C21H28N2O5S. The fraction of sp³-hybridized carbons (Fsp3) is 0.381. The molecule has 1 N–H and O–H groups in total. The Kier molecular flexibility index (Phi) is 8.48. The lowest BCUT2D eigenvalue weighted by atomic mass is 10.1. The van der Waals surface area contributed by atoms with Crippen molar-refractivity contribution in [1.29, 1.82) is 0 Å². The molecule has 0 aliphatic carbocycles. The molecule has 1 amide bonds. The number of nitrogens with zero attached hydrogens (tertiary/aromatic N) is 1. The van der Waals surface area contributed by atoms with Crippen LogP contribution < -0.4 is 14.8 Å².